The number of hydrogen-bond donors (Lipinski definition) is 2. The molecule has 1 aromatic rings. The van der Waals surface area contributed by atoms with Gasteiger partial charge in [0.2, 0.25) is 5.91 Å². The minimum atomic E-state index is -0.800. The molecule has 0 saturated heterocycles. The molecule has 0 unspecified atom stereocenters. The van der Waals surface area contributed by atoms with Crippen LogP contribution in [0.2, 0.25) is 0 Å². The van der Waals surface area contributed by atoms with Crippen molar-refractivity contribution in [3.8, 4) is 0 Å². The van der Waals surface area contributed by atoms with E-state index in [9.17, 15) is 14.0 Å². The number of nitrogens with zero attached hydrogens (tertiary/aromatic N) is 2. The van der Waals surface area contributed by atoms with Crippen LogP contribution in [0.3, 0.4) is 0 Å². The van der Waals surface area contributed by atoms with Crippen LogP contribution < -0.4 is 10.6 Å². The first-order chi connectivity index (χ1) is 12.8. The number of nitrogens with one attached hydrogen (secondary N) is 2. The molecule has 0 radical (unpaired) electrons. The first kappa shape index (κ1) is 22.0. The molecule has 0 aliphatic carbocycles. The summed E-state index contributed by atoms with van der Waals surface area (Å²) in [6.45, 7) is 10.4. The second-order valence-electron chi connectivity index (χ2n) is 5.24. The smallest absolute Gasteiger partial charge is 0.257 e. The maximum absolute atomic E-state index is 13.2. The summed E-state index contributed by atoms with van der Waals surface area (Å²) in [6.07, 6.45) is 5.78. The minimum Gasteiger partial charge on any atom is -0.484 e. The summed E-state index contributed by atoms with van der Waals surface area (Å²) in [5.74, 6) is -1.67. The Bertz CT molecular complexity index is 750. The molecule has 2 N–H and O–H groups in total. The molecule has 0 atom stereocenters. The molecular formula is C18H20ClFN4O3. The van der Waals surface area contributed by atoms with E-state index in [4.69, 9.17) is 16.3 Å². The Labute approximate surface area is 161 Å². The highest BCUT2D eigenvalue weighted by Crippen LogP contribution is 2.15. The normalized spacial score (nSPS) is 10.7. The Balaban J connectivity index is 2.23. The monoisotopic (exact) mass is 394 g/mol. The minimum absolute atomic E-state index is 0.0720. The standard InChI is InChI=1S/C18H20ClFN4O3/c1-12(18(26)24-10-15-9-21-6-7-22-15)4-5-23-17(25)11-27-13(2)8-16(20)14(3)19/h6-9H,1-5,10-11H2,(H,23,25)(H,24,26)/b16-8+. The maximum Gasteiger partial charge on any atom is 0.257 e. The van der Waals surface area contributed by atoms with Gasteiger partial charge < -0.3 is 15.4 Å². The number of hydrogen-bond acceptors (Lipinski definition) is 5. The van der Waals surface area contributed by atoms with Crippen LogP contribution in [-0.2, 0) is 20.9 Å². The molecule has 1 aromatic heterocycles. The van der Waals surface area contributed by atoms with E-state index in [1.807, 2.05) is 0 Å². The third kappa shape index (κ3) is 9.31. The molecule has 9 heteroatoms. The van der Waals surface area contributed by atoms with E-state index in [-0.39, 0.29) is 42.8 Å². The summed E-state index contributed by atoms with van der Waals surface area (Å²) in [5.41, 5.74) is 0.919. The van der Waals surface area contributed by atoms with Crippen molar-refractivity contribution in [3.05, 3.63) is 72.3 Å². The quantitative estimate of drug-likeness (QED) is 0.341. The molecule has 0 bridgehead atoms. The van der Waals surface area contributed by atoms with Gasteiger partial charge >= 0.3 is 0 Å². The van der Waals surface area contributed by atoms with Gasteiger partial charge in [0.25, 0.3) is 5.91 Å². The lowest BCUT2D eigenvalue weighted by Crippen LogP contribution is -2.30. The topological polar surface area (TPSA) is 93.2 Å². The van der Waals surface area contributed by atoms with E-state index in [0.29, 0.717) is 11.3 Å². The molecule has 0 saturated carbocycles. The lowest BCUT2D eigenvalue weighted by molar-refractivity contribution is -0.124. The summed E-state index contributed by atoms with van der Waals surface area (Å²) >= 11 is 5.35. The third-order valence-electron chi connectivity index (χ3n) is 3.05. The Hall–Kier alpha value is -3.00. The number of aromatic nitrogens is 2. The third-order valence-corrected chi connectivity index (χ3v) is 3.23. The van der Waals surface area contributed by atoms with Gasteiger partial charge in [0, 0.05) is 30.6 Å². The second kappa shape index (κ2) is 11.6. The molecule has 1 rings (SSSR count). The molecule has 0 aromatic carbocycles. The van der Waals surface area contributed by atoms with Gasteiger partial charge in [0.15, 0.2) is 6.61 Å². The predicted octanol–water partition coefficient (Wildman–Crippen LogP) is 2.29. The summed E-state index contributed by atoms with van der Waals surface area (Å²) < 4.78 is 18.2. The van der Waals surface area contributed by atoms with Crippen molar-refractivity contribution < 1.29 is 18.7 Å². The number of rotatable bonds is 11. The van der Waals surface area contributed by atoms with E-state index in [1.54, 1.807) is 6.20 Å². The van der Waals surface area contributed by atoms with Crippen LogP contribution in [0.15, 0.2) is 66.6 Å². The SMILES string of the molecule is C=C(/C=C(/F)C(=C)Cl)OCC(=O)NCCC(=C)C(=O)NCc1cnccn1. The Morgan fingerprint density at radius 1 is 1.26 bits per heavy atom. The second-order valence-corrected chi connectivity index (χ2v) is 5.69. The van der Waals surface area contributed by atoms with Gasteiger partial charge in [-0.3, -0.25) is 19.6 Å². The van der Waals surface area contributed by atoms with Crippen molar-refractivity contribution in [1.29, 1.82) is 0 Å². The van der Waals surface area contributed by atoms with Gasteiger partial charge in [0.1, 0.15) is 11.6 Å². The Kier molecular flexibility index (Phi) is 9.46. The number of halogens is 2. The lowest BCUT2D eigenvalue weighted by Gasteiger charge is -2.09. The van der Waals surface area contributed by atoms with Crippen molar-refractivity contribution in [2.24, 2.45) is 0 Å². The largest absolute Gasteiger partial charge is 0.484 e. The number of allylic oxidation sites excluding steroid dienone is 3. The van der Waals surface area contributed by atoms with E-state index in [2.05, 4.69) is 40.3 Å². The van der Waals surface area contributed by atoms with E-state index in [0.717, 1.165) is 6.08 Å². The van der Waals surface area contributed by atoms with Crippen molar-refractivity contribution in [2.45, 2.75) is 13.0 Å². The molecule has 7 nitrogen and oxygen atoms in total. The zero-order chi connectivity index (χ0) is 20.2. The molecule has 0 spiro atoms. The fraction of sp³-hybridized carbons (Fsp3) is 0.222. The fourth-order valence-electron chi connectivity index (χ4n) is 1.65. The summed E-state index contributed by atoms with van der Waals surface area (Å²) in [7, 11) is 0. The average Bonchev–Trinajstić information content (AvgIpc) is 2.65. The molecule has 0 aliphatic heterocycles. The highest BCUT2D eigenvalue weighted by atomic mass is 35.5. The Morgan fingerprint density at radius 3 is 2.63 bits per heavy atom. The first-order valence-corrected chi connectivity index (χ1v) is 8.18. The molecule has 27 heavy (non-hydrogen) atoms. The van der Waals surface area contributed by atoms with E-state index < -0.39 is 11.7 Å². The highest BCUT2D eigenvalue weighted by molar-refractivity contribution is 6.31. The van der Waals surface area contributed by atoms with Crippen LogP contribution in [-0.4, -0.2) is 34.9 Å². The maximum atomic E-state index is 13.2. The van der Waals surface area contributed by atoms with Crippen LogP contribution in [0.1, 0.15) is 12.1 Å². The van der Waals surface area contributed by atoms with Crippen molar-refractivity contribution in [1.82, 2.24) is 20.6 Å². The van der Waals surface area contributed by atoms with Crippen molar-refractivity contribution >= 4 is 23.4 Å². The molecule has 0 aliphatic rings. The van der Waals surface area contributed by atoms with Crippen LogP contribution in [0.4, 0.5) is 4.39 Å². The van der Waals surface area contributed by atoms with Gasteiger partial charge in [-0.1, -0.05) is 31.3 Å². The zero-order valence-electron chi connectivity index (χ0n) is 14.6. The predicted molar refractivity (Wildman–Crippen MR) is 99.9 cm³/mol. The summed E-state index contributed by atoms with van der Waals surface area (Å²) in [6, 6.07) is 0. The summed E-state index contributed by atoms with van der Waals surface area (Å²) in [4.78, 5) is 31.5. The molecule has 144 valence electrons. The van der Waals surface area contributed by atoms with Gasteiger partial charge in [-0.25, -0.2) is 4.39 Å². The van der Waals surface area contributed by atoms with Gasteiger partial charge in [-0.2, -0.15) is 0 Å². The number of amides is 2. The van der Waals surface area contributed by atoms with Gasteiger partial charge in [0.05, 0.1) is 23.5 Å². The first-order valence-electron chi connectivity index (χ1n) is 7.81. The van der Waals surface area contributed by atoms with Gasteiger partial charge in [-0.15, -0.1) is 0 Å². The van der Waals surface area contributed by atoms with Crippen molar-refractivity contribution in [2.75, 3.05) is 13.2 Å². The van der Waals surface area contributed by atoms with E-state index >= 15 is 0 Å². The number of carbonyl (C=O) groups excluding carboxylic acids is 2. The van der Waals surface area contributed by atoms with Crippen LogP contribution >= 0.6 is 11.6 Å². The van der Waals surface area contributed by atoms with Crippen LogP contribution in [0, 0.1) is 0 Å². The molecule has 0 fully saturated rings. The molecular weight excluding hydrogens is 375 g/mol. The van der Waals surface area contributed by atoms with Crippen LogP contribution in [0.25, 0.3) is 0 Å². The Morgan fingerprint density at radius 2 is 2.00 bits per heavy atom. The fourth-order valence-corrected chi connectivity index (χ4v) is 1.71. The molecule has 2 amide bonds. The van der Waals surface area contributed by atoms with E-state index in [1.165, 1.54) is 12.4 Å². The van der Waals surface area contributed by atoms with Crippen molar-refractivity contribution in [3.63, 3.8) is 0 Å². The highest BCUT2D eigenvalue weighted by Gasteiger charge is 2.09. The van der Waals surface area contributed by atoms with Gasteiger partial charge in [-0.05, 0) is 6.42 Å². The molecule has 1 heterocycles. The lowest BCUT2D eigenvalue weighted by atomic mass is 10.2. The number of carbonyl (C=O) groups is 2. The van der Waals surface area contributed by atoms with Crippen LogP contribution in [0.5, 0.6) is 0 Å². The zero-order valence-corrected chi connectivity index (χ0v) is 15.4. The summed E-state index contributed by atoms with van der Waals surface area (Å²) in [5, 5.41) is 4.91. The number of ether oxygens (including phenoxy) is 1. The average molecular weight is 395 g/mol.